The minimum absolute atomic E-state index is 0.423. The lowest BCUT2D eigenvalue weighted by Gasteiger charge is -2.47. The fourth-order valence-corrected chi connectivity index (χ4v) is 3.20. The van der Waals surface area contributed by atoms with Crippen molar-refractivity contribution in [2.45, 2.75) is 58.3 Å². The van der Waals surface area contributed by atoms with Gasteiger partial charge in [0.15, 0.2) is 11.4 Å². The van der Waals surface area contributed by atoms with Gasteiger partial charge in [-0.2, -0.15) is 4.39 Å². The Hall–Kier alpha value is -0.723. The van der Waals surface area contributed by atoms with Crippen LogP contribution in [-0.2, 0) is 18.7 Å². The van der Waals surface area contributed by atoms with Gasteiger partial charge in [0, 0.05) is 13.0 Å². The lowest BCUT2D eigenvalue weighted by atomic mass is 9.85. The van der Waals surface area contributed by atoms with Crippen LogP contribution in [0.3, 0.4) is 0 Å². The molecular formula is C13H25FO4Si. The lowest BCUT2D eigenvalue weighted by molar-refractivity contribution is -0.290. The number of carbonyl (C=O) groups excluding carboxylic acids is 1. The van der Waals surface area contributed by atoms with E-state index in [-0.39, 0.29) is 0 Å². The molecule has 0 aliphatic rings. The van der Waals surface area contributed by atoms with Crippen LogP contribution < -0.4 is 0 Å². The summed E-state index contributed by atoms with van der Waals surface area (Å²) in [6.07, 6.45) is 1.45. The molecule has 0 fully saturated rings. The Morgan fingerprint density at radius 2 is 1.74 bits per heavy atom. The molecule has 0 aromatic heterocycles. The van der Waals surface area contributed by atoms with Gasteiger partial charge in [0.2, 0.25) is 5.83 Å². The average molecular weight is 292 g/mol. The zero-order valence-electron chi connectivity index (χ0n) is 12.5. The van der Waals surface area contributed by atoms with Gasteiger partial charge in [-0.05, 0) is 19.8 Å². The van der Waals surface area contributed by atoms with Gasteiger partial charge in [-0.15, -0.1) is 0 Å². The smallest absolute Gasteiger partial charge is 0.367 e. The van der Waals surface area contributed by atoms with E-state index in [1.807, 2.05) is 27.7 Å². The number of hydrogen-bond acceptors (Lipinski definition) is 4. The molecule has 0 aromatic carbocycles. The van der Waals surface area contributed by atoms with Crippen LogP contribution in [-0.4, -0.2) is 34.5 Å². The molecule has 0 spiro atoms. The molecule has 0 aromatic rings. The number of carbonyl (C=O) groups is 1. The first-order valence-electron chi connectivity index (χ1n) is 6.65. The molecule has 0 aliphatic carbocycles. The minimum Gasteiger partial charge on any atom is -0.448 e. The zero-order valence-corrected chi connectivity index (χ0v) is 14.5. The van der Waals surface area contributed by atoms with Crippen molar-refractivity contribution < 1.29 is 23.1 Å². The van der Waals surface area contributed by atoms with Crippen LogP contribution in [0.4, 0.5) is 4.39 Å². The molecule has 0 bridgehead atoms. The zero-order chi connectivity index (χ0) is 15.1. The Balaban J connectivity index is 5.55. The predicted molar refractivity (Wildman–Crippen MR) is 75.3 cm³/mol. The molecule has 0 saturated carbocycles. The Morgan fingerprint density at radius 1 is 1.21 bits per heavy atom. The average Bonchev–Trinajstić information content (AvgIpc) is 2.42. The van der Waals surface area contributed by atoms with Gasteiger partial charge < -0.3 is 13.9 Å². The van der Waals surface area contributed by atoms with Crippen LogP contribution in [0, 0.1) is 0 Å². The third kappa shape index (κ3) is 3.64. The summed E-state index contributed by atoms with van der Waals surface area (Å²) in [7, 11) is 0.424. The highest BCUT2D eigenvalue weighted by atomic mass is 28.2. The van der Waals surface area contributed by atoms with E-state index in [1.165, 1.54) is 0 Å². The first-order chi connectivity index (χ1) is 8.88. The summed E-state index contributed by atoms with van der Waals surface area (Å²) in [5.41, 5.74) is -1.01. The third-order valence-corrected chi connectivity index (χ3v) is 4.18. The Bertz CT molecular complexity index is 312. The Kier molecular flexibility index (Phi) is 7.47. The minimum atomic E-state index is -1.11. The maximum atomic E-state index is 12.9. The van der Waals surface area contributed by atoms with Crippen molar-refractivity contribution in [3.63, 3.8) is 0 Å². The summed E-state index contributed by atoms with van der Waals surface area (Å²) in [6, 6.07) is 0. The van der Waals surface area contributed by atoms with Crippen molar-refractivity contribution in [2.75, 3.05) is 6.61 Å². The first kappa shape index (κ1) is 18.3. The molecule has 0 amide bonds. The molecule has 0 aliphatic heterocycles. The Labute approximate surface area is 117 Å². The molecule has 0 saturated heterocycles. The number of hydrogen-bond donors (Lipinski definition) is 0. The van der Waals surface area contributed by atoms with Crippen molar-refractivity contribution in [3.05, 3.63) is 12.4 Å². The summed E-state index contributed by atoms with van der Waals surface area (Å²) in [5.74, 6) is -3.19. The van der Waals surface area contributed by atoms with Crippen LogP contribution in [0.25, 0.3) is 0 Å². The predicted octanol–water partition coefficient (Wildman–Crippen LogP) is 2.01. The van der Waals surface area contributed by atoms with Crippen molar-refractivity contribution in [1.82, 2.24) is 0 Å². The van der Waals surface area contributed by atoms with Crippen LogP contribution in [0.1, 0.15) is 47.0 Å². The van der Waals surface area contributed by atoms with E-state index in [1.54, 1.807) is 0 Å². The van der Waals surface area contributed by atoms with E-state index in [9.17, 15) is 9.18 Å². The number of rotatable bonds is 9. The normalized spacial score (nSPS) is 15.0. The summed E-state index contributed by atoms with van der Waals surface area (Å²) in [6.45, 7) is 10.9. The second-order valence-electron chi connectivity index (χ2n) is 4.24. The first-order valence-corrected chi connectivity index (χ1v) is 7.47. The van der Waals surface area contributed by atoms with E-state index in [0.717, 1.165) is 0 Å². The highest BCUT2D eigenvalue weighted by molar-refractivity contribution is 5.98. The highest BCUT2D eigenvalue weighted by Gasteiger charge is 2.52. The highest BCUT2D eigenvalue weighted by Crippen LogP contribution is 2.39. The van der Waals surface area contributed by atoms with Crippen LogP contribution in [0.15, 0.2) is 12.4 Å². The maximum absolute atomic E-state index is 12.9. The van der Waals surface area contributed by atoms with Gasteiger partial charge in [0.1, 0.15) is 10.5 Å². The van der Waals surface area contributed by atoms with Gasteiger partial charge >= 0.3 is 5.97 Å². The molecule has 1 unspecified atom stereocenters. The fraction of sp³-hybridized carbons (Fsp3) is 0.769. The molecule has 0 rings (SSSR count). The summed E-state index contributed by atoms with van der Waals surface area (Å²) in [5, 5.41) is 0. The molecule has 6 heteroatoms. The lowest BCUT2D eigenvalue weighted by Crippen LogP contribution is -2.59. The summed E-state index contributed by atoms with van der Waals surface area (Å²) >= 11 is 0. The van der Waals surface area contributed by atoms with Crippen molar-refractivity contribution in [2.24, 2.45) is 0 Å². The van der Waals surface area contributed by atoms with E-state index >= 15 is 0 Å². The van der Waals surface area contributed by atoms with Crippen LogP contribution >= 0.6 is 0 Å². The molecule has 1 atom stereocenters. The molecule has 112 valence electrons. The fourth-order valence-electron chi connectivity index (χ4n) is 2.42. The van der Waals surface area contributed by atoms with Gasteiger partial charge in [0.25, 0.3) is 0 Å². The van der Waals surface area contributed by atoms with Crippen LogP contribution in [0.5, 0.6) is 0 Å². The number of halogens is 1. The van der Waals surface area contributed by atoms with Crippen molar-refractivity contribution >= 4 is 16.5 Å². The quantitative estimate of drug-likeness (QED) is 0.282. The monoisotopic (exact) mass is 292 g/mol. The standard InChI is InChI=1S/C13H25FO4Si/c1-6-12(7-2,17-11(15)10(5)14)13(8-3,18-19)16-9-4/h5-9H2,1-4,19H3. The van der Waals surface area contributed by atoms with E-state index in [0.29, 0.717) is 36.4 Å². The molecule has 19 heavy (non-hydrogen) atoms. The van der Waals surface area contributed by atoms with Gasteiger partial charge in [-0.25, -0.2) is 4.79 Å². The van der Waals surface area contributed by atoms with Crippen LogP contribution in [0.2, 0.25) is 0 Å². The third-order valence-electron chi connectivity index (χ3n) is 3.52. The van der Waals surface area contributed by atoms with Gasteiger partial charge in [-0.3, -0.25) is 0 Å². The molecular weight excluding hydrogens is 267 g/mol. The summed E-state index contributed by atoms with van der Waals surface area (Å²) < 4.78 is 29.7. The van der Waals surface area contributed by atoms with Gasteiger partial charge in [-0.1, -0.05) is 27.4 Å². The summed E-state index contributed by atoms with van der Waals surface area (Å²) in [4.78, 5) is 11.6. The SMILES string of the molecule is C=C(F)C(=O)OC(CC)(CC)C(CC)(O[SiH3])OCC. The Morgan fingerprint density at radius 3 is 2.00 bits per heavy atom. The number of esters is 1. The topological polar surface area (TPSA) is 44.8 Å². The number of ether oxygens (including phenoxy) is 2. The second-order valence-corrected chi connectivity index (χ2v) is 4.65. The van der Waals surface area contributed by atoms with Crippen molar-refractivity contribution in [3.8, 4) is 0 Å². The maximum Gasteiger partial charge on any atom is 0.367 e. The molecule has 0 heterocycles. The van der Waals surface area contributed by atoms with E-state index in [4.69, 9.17) is 13.9 Å². The molecule has 0 radical (unpaired) electrons. The molecule has 0 N–H and O–H groups in total. The second kappa shape index (κ2) is 7.77. The molecule has 4 nitrogen and oxygen atoms in total. The van der Waals surface area contributed by atoms with Crippen molar-refractivity contribution in [1.29, 1.82) is 0 Å². The largest absolute Gasteiger partial charge is 0.448 e. The van der Waals surface area contributed by atoms with Gasteiger partial charge in [0.05, 0.1) is 0 Å². The van der Waals surface area contributed by atoms with E-state index in [2.05, 4.69) is 6.58 Å². The van der Waals surface area contributed by atoms with E-state index < -0.39 is 23.2 Å².